The van der Waals surface area contributed by atoms with Crippen LogP contribution < -0.4 is 15.0 Å². The Bertz CT molecular complexity index is 965. The van der Waals surface area contributed by atoms with Gasteiger partial charge in [0.25, 0.3) is 0 Å². The molecule has 2 heterocycles. The Morgan fingerprint density at radius 2 is 1.87 bits per heavy atom. The van der Waals surface area contributed by atoms with E-state index >= 15 is 0 Å². The number of aryl methyl sites for hydroxylation is 1. The first-order chi connectivity index (χ1) is 15.1. The Balaban J connectivity index is 1.02. The Morgan fingerprint density at radius 1 is 1.03 bits per heavy atom. The Morgan fingerprint density at radius 3 is 2.71 bits per heavy atom. The molecule has 3 aliphatic rings. The number of anilines is 2. The highest BCUT2D eigenvalue weighted by Crippen LogP contribution is 2.53. The van der Waals surface area contributed by atoms with Crippen LogP contribution in [0.1, 0.15) is 41.9 Å². The molecule has 1 aliphatic carbocycles. The van der Waals surface area contributed by atoms with E-state index in [-0.39, 0.29) is 11.8 Å². The highest BCUT2D eigenvalue weighted by atomic mass is 16.5. The lowest BCUT2D eigenvalue weighted by Gasteiger charge is -2.37. The van der Waals surface area contributed by atoms with Crippen LogP contribution in [0.25, 0.3) is 0 Å². The number of unbranched alkanes of at least 4 members (excludes halogenated alkanes) is 1. The zero-order valence-electron chi connectivity index (χ0n) is 18.7. The molecule has 1 amide bonds. The summed E-state index contributed by atoms with van der Waals surface area (Å²) in [6.45, 7) is 10.7. The van der Waals surface area contributed by atoms with Crippen LogP contribution in [0.15, 0.2) is 36.4 Å². The smallest absolute Gasteiger partial charge is 0.228 e. The van der Waals surface area contributed by atoms with E-state index in [9.17, 15) is 4.79 Å². The van der Waals surface area contributed by atoms with Gasteiger partial charge in [-0.25, -0.2) is 0 Å². The topological polar surface area (TPSA) is 44.8 Å². The third-order valence-electron chi connectivity index (χ3n) is 7.24. The molecular formula is C26H33N3O2. The Hall–Kier alpha value is -2.53. The van der Waals surface area contributed by atoms with E-state index in [1.54, 1.807) is 0 Å². The quantitative estimate of drug-likeness (QED) is 0.678. The predicted octanol–water partition coefficient (Wildman–Crippen LogP) is 4.34. The molecule has 1 N–H and O–H groups in total. The molecule has 2 atom stereocenters. The van der Waals surface area contributed by atoms with Gasteiger partial charge in [0.15, 0.2) is 0 Å². The van der Waals surface area contributed by atoms with Crippen molar-refractivity contribution in [2.24, 2.45) is 5.92 Å². The minimum Gasteiger partial charge on any atom is -0.494 e. The fourth-order valence-corrected chi connectivity index (χ4v) is 5.03. The summed E-state index contributed by atoms with van der Waals surface area (Å²) in [7, 11) is 0. The first kappa shape index (κ1) is 20.4. The molecule has 5 heteroatoms. The van der Waals surface area contributed by atoms with Gasteiger partial charge in [-0.1, -0.05) is 18.2 Å². The minimum atomic E-state index is 0.173. The van der Waals surface area contributed by atoms with Crippen molar-refractivity contribution < 1.29 is 9.53 Å². The summed E-state index contributed by atoms with van der Waals surface area (Å²) in [4.78, 5) is 17.0. The molecule has 164 valence electrons. The van der Waals surface area contributed by atoms with Gasteiger partial charge >= 0.3 is 0 Å². The van der Waals surface area contributed by atoms with Gasteiger partial charge in [-0.2, -0.15) is 0 Å². The Kier molecular flexibility index (Phi) is 5.61. The van der Waals surface area contributed by atoms with Crippen molar-refractivity contribution in [3.05, 3.63) is 53.1 Å². The van der Waals surface area contributed by atoms with Crippen molar-refractivity contribution in [1.29, 1.82) is 0 Å². The van der Waals surface area contributed by atoms with Crippen LogP contribution in [0.4, 0.5) is 11.4 Å². The van der Waals surface area contributed by atoms with Gasteiger partial charge in [0.2, 0.25) is 5.91 Å². The van der Waals surface area contributed by atoms with Gasteiger partial charge in [-0.3, -0.25) is 9.69 Å². The van der Waals surface area contributed by atoms with Crippen LogP contribution in [0.3, 0.4) is 0 Å². The summed E-state index contributed by atoms with van der Waals surface area (Å²) in [5.74, 6) is 1.68. The van der Waals surface area contributed by atoms with Gasteiger partial charge in [0, 0.05) is 49.5 Å². The second-order valence-electron chi connectivity index (χ2n) is 9.29. The largest absolute Gasteiger partial charge is 0.494 e. The second kappa shape index (κ2) is 8.54. The fraction of sp³-hybridized carbons (Fsp3) is 0.500. The predicted molar refractivity (Wildman–Crippen MR) is 125 cm³/mol. The number of rotatable bonds is 7. The summed E-state index contributed by atoms with van der Waals surface area (Å²) >= 11 is 0. The van der Waals surface area contributed by atoms with E-state index < -0.39 is 0 Å². The zero-order chi connectivity index (χ0) is 21.4. The van der Waals surface area contributed by atoms with Crippen LogP contribution in [-0.4, -0.2) is 50.1 Å². The average molecular weight is 420 g/mol. The molecular weight excluding hydrogens is 386 g/mol. The molecule has 0 spiro atoms. The first-order valence-electron chi connectivity index (χ1n) is 11.7. The number of ether oxygens (including phenoxy) is 1. The van der Waals surface area contributed by atoms with Crippen LogP contribution >= 0.6 is 0 Å². The van der Waals surface area contributed by atoms with E-state index in [2.05, 4.69) is 59.3 Å². The molecule has 2 aromatic rings. The summed E-state index contributed by atoms with van der Waals surface area (Å²) in [6, 6.07) is 12.8. The normalized spacial score (nSPS) is 22.5. The van der Waals surface area contributed by atoms with Gasteiger partial charge in [0.05, 0.1) is 6.61 Å². The van der Waals surface area contributed by atoms with Crippen molar-refractivity contribution >= 4 is 17.3 Å². The number of hydrogen-bond donors (Lipinski definition) is 1. The second-order valence-corrected chi connectivity index (χ2v) is 9.29. The maximum Gasteiger partial charge on any atom is 0.228 e. The van der Waals surface area contributed by atoms with E-state index in [0.717, 1.165) is 70.0 Å². The van der Waals surface area contributed by atoms with Crippen molar-refractivity contribution in [2.45, 2.75) is 39.0 Å². The number of hydrogen-bond acceptors (Lipinski definition) is 4. The molecule has 31 heavy (non-hydrogen) atoms. The van der Waals surface area contributed by atoms with Crippen molar-refractivity contribution in [3.63, 3.8) is 0 Å². The number of carbonyl (C=O) groups excluding carboxylic acids is 1. The third kappa shape index (κ3) is 4.29. The molecule has 2 unspecified atom stereocenters. The van der Waals surface area contributed by atoms with Gasteiger partial charge in [-0.15, -0.1) is 0 Å². The lowest BCUT2D eigenvalue weighted by molar-refractivity contribution is -0.117. The third-order valence-corrected chi connectivity index (χ3v) is 7.24. The number of nitrogens with one attached hydrogen (secondary N) is 1. The molecule has 2 aliphatic heterocycles. The minimum absolute atomic E-state index is 0.173. The average Bonchev–Trinajstić information content (AvgIpc) is 3.58. The van der Waals surface area contributed by atoms with Crippen LogP contribution in [0.2, 0.25) is 0 Å². The molecule has 0 aromatic heterocycles. The number of piperazine rings is 1. The number of carbonyl (C=O) groups is 1. The van der Waals surface area contributed by atoms with Gasteiger partial charge in [0.1, 0.15) is 5.75 Å². The SMILES string of the molecule is Cc1cccc(N2CCN(CCCCOc3ccc4c(c3)NC(=O)C3CC43)CC2)c1C. The number of benzene rings is 2. The number of amides is 1. The molecule has 5 rings (SSSR count). The van der Waals surface area contributed by atoms with Crippen molar-refractivity contribution in [1.82, 2.24) is 4.90 Å². The molecule has 2 fully saturated rings. The molecule has 1 saturated heterocycles. The van der Waals surface area contributed by atoms with E-state index in [1.807, 2.05) is 6.07 Å². The number of fused-ring (bicyclic) bond motifs is 3. The summed E-state index contributed by atoms with van der Waals surface area (Å²) in [5, 5.41) is 3.03. The monoisotopic (exact) mass is 419 g/mol. The lowest BCUT2D eigenvalue weighted by atomic mass is 10.0. The summed E-state index contributed by atoms with van der Waals surface area (Å²) in [6.07, 6.45) is 3.19. The van der Waals surface area contributed by atoms with Gasteiger partial charge in [-0.05, 0) is 74.4 Å². The standard InChI is InChI=1S/C26H33N3O2/c1-18-6-5-7-25(19(18)2)29-13-11-28(12-14-29)10-3-4-15-31-20-8-9-21-22-17-23(22)26(30)27-24(21)16-20/h5-9,16,22-23H,3-4,10-15,17H2,1-2H3,(H,27,30). The van der Waals surface area contributed by atoms with Crippen molar-refractivity contribution in [2.75, 3.05) is 49.5 Å². The first-order valence-corrected chi connectivity index (χ1v) is 11.7. The fourth-order valence-electron chi connectivity index (χ4n) is 5.03. The molecule has 2 aromatic carbocycles. The number of nitrogens with zero attached hydrogens (tertiary/aromatic N) is 2. The van der Waals surface area contributed by atoms with E-state index in [0.29, 0.717) is 5.92 Å². The highest BCUT2D eigenvalue weighted by Gasteiger charge is 2.48. The molecule has 5 nitrogen and oxygen atoms in total. The molecule has 0 bridgehead atoms. The van der Waals surface area contributed by atoms with Gasteiger partial charge < -0.3 is 15.0 Å². The lowest BCUT2D eigenvalue weighted by Crippen LogP contribution is -2.46. The van der Waals surface area contributed by atoms with Crippen LogP contribution in [0, 0.1) is 19.8 Å². The zero-order valence-corrected chi connectivity index (χ0v) is 18.7. The van der Waals surface area contributed by atoms with Crippen LogP contribution in [-0.2, 0) is 4.79 Å². The molecule has 1 saturated carbocycles. The summed E-state index contributed by atoms with van der Waals surface area (Å²) < 4.78 is 5.97. The van der Waals surface area contributed by atoms with Crippen molar-refractivity contribution in [3.8, 4) is 5.75 Å². The Labute approximate surface area is 185 Å². The van der Waals surface area contributed by atoms with Crippen LogP contribution in [0.5, 0.6) is 5.75 Å². The van der Waals surface area contributed by atoms with E-state index in [1.165, 1.54) is 22.4 Å². The maximum atomic E-state index is 11.9. The summed E-state index contributed by atoms with van der Waals surface area (Å²) in [5.41, 5.74) is 6.40. The maximum absolute atomic E-state index is 11.9. The highest BCUT2D eigenvalue weighted by molar-refractivity contribution is 5.99. The van der Waals surface area contributed by atoms with E-state index in [4.69, 9.17) is 4.74 Å². The molecule has 0 radical (unpaired) electrons.